The third kappa shape index (κ3) is 2.26. The summed E-state index contributed by atoms with van der Waals surface area (Å²) < 4.78 is 1.96. The molecule has 62 valence electrons. The number of hydrogen-bond acceptors (Lipinski definition) is 1. The molecule has 0 radical (unpaired) electrons. The first-order valence-electron chi connectivity index (χ1n) is 4.03. The van der Waals surface area contributed by atoms with Gasteiger partial charge in [-0.3, -0.25) is 5.73 Å². The summed E-state index contributed by atoms with van der Waals surface area (Å²) in [5, 5.41) is 3.05. The van der Waals surface area contributed by atoms with Gasteiger partial charge in [0.2, 0.25) is 0 Å². The molecule has 1 rings (SSSR count). The van der Waals surface area contributed by atoms with Crippen LogP contribution in [0.25, 0.3) is 0 Å². The van der Waals surface area contributed by atoms with Crippen LogP contribution in [-0.4, -0.2) is 5.10 Å². The van der Waals surface area contributed by atoms with Crippen LogP contribution in [-0.2, 0) is 6.54 Å². The fraction of sp³-hybridized carbons (Fsp3) is 0.625. The quantitative estimate of drug-likeness (QED) is 0.625. The van der Waals surface area contributed by atoms with Gasteiger partial charge in [0.05, 0.1) is 0 Å². The number of nitrogens with one attached hydrogen (secondary N) is 1. The molecule has 0 spiro atoms. The Kier molecular flexibility index (Phi) is 2.52. The molecule has 0 atom stereocenters. The van der Waals surface area contributed by atoms with Crippen LogP contribution >= 0.6 is 0 Å². The Morgan fingerprint density at radius 1 is 1.64 bits per heavy atom. The molecule has 0 fully saturated rings. The summed E-state index contributed by atoms with van der Waals surface area (Å²) in [5.74, 6) is 1.54. The average molecular weight is 154 g/mol. The molecule has 0 saturated heterocycles. The van der Waals surface area contributed by atoms with Crippen molar-refractivity contribution in [2.75, 3.05) is 5.73 Å². The summed E-state index contributed by atoms with van der Waals surface area (Å²) in [5.41, 5.74) is 5.66. The molecule has 1 aromatic heterocycles. The second kappa shape index (κ2) is 3.42. The second-order valence-corrected chi connectivity index (χ2v) is 3.22. The van der Waals surface area contributed by atoms with Gasteiger partial charge in [0.15, 0.2) is 0 Å². The van der Waals surface area contributed by atoms with Crippen LogP contribution in [0.3, 0.4) is 0 Å². The van der Waals surface area contributed by atoms with E-state index in [0.29, 0.717) is 0 Å². The number of aromatic amines is 1. The lowest BCUT2D eigenvalue weighted by molar-refractivity contribution is -0.737. The molecule has 0 saturated carbocycles. The molecule has 11 heavy (non-hydrogen) atoms. The van der Waals surface area contributed by atoms with Crippen LogP contribution in [0.2, 0.25) is 0 Å². The Bertz CT molecular complexity index is 215. The highest BCUT2D eigenvalue weighted by Crippen LogP contribution is 1.99. The van der Waals surface area contributed by atoms with Crippen LogP contribution in [0.1, 0.15) is 20.3 Å². The van der Waals surface area contributed by atoms with Crippen molar-refractivity contribution < 1.29 is 4.68 Å². The summed E-state index contributed by atoms with van der Waals surface area (Å²) in [7, 11) is 0. The number of anilines is 1. The van der Waals surface area contributed by atoms with E-state index in [-0.39, 0.29) is 0 Å². The molecule has 0 aromatic carbocycles. The fourth-order valence-electron chi connectivity index (χ4n) is 0.958. The van der Waals surface area contributed by atoms with E-state index in [2.05, 4.69) is 18.9 Å². The molecule has 1 heterocycles. The minimum atomic E-state index is 0.727. The summed E-state index contributed by atoms with van der Waals surface area (Å²) in [6, 6.07) is 1.88. The molecule has 0 aliphatic heterocycles. The molecule has 3 nitrogen and oxygen atoms in total. The van der Waals surface area contributed by atoms with E-state index in [1.807, 2.05) is 16.9 Å². The lowest BCUT2D eigenvalue weighted by Gasteiger charge is -2.01. The highest BCUT2D eigenvalue weighted by Gasteiger charge is 2.04. The number of aryl methyl sites for hydroxylation is 1. The highest BCUT2D eigenvalue weighted by atomic mass is 15.3. The number of rotatable bonds is 3. The van der Waals surface area contributed by atoms with Crippen molar-refractivity contribution in [2.45, 2.75) is 26.8 Å². The van der Waals surface area contributed by atoms with E-state index >= 15 is 0 Å². The van der Waals surface area contributed by atoms with Gasteiger partial charge >= 0.3 is 0 Å². The van der Waals surface area contributed by atoms with Crippen LogP contribution in [0.4, 0.5) is 5.82 Å². The molecule has 3 heteroatoms. The molecule has 0 amide bonds. The number of H-pyrrole nitrogens is 1. The lowest BCUT2D eigenvalue weighted by Crippen LogP contribution is -2.38. The predicted molar refractivity (Wildman–Crippen MR) is 44.9 cm³/mol. The number of nitrogens with two attached hydrogens (primary N) is 1. The molecule has 0 unspecified atom stereocenters. The van der Waals surface area contributed by atoms with E-state index in [1.54, 1.807) is 0 Å². The summed E-state index contributed by atoms with van der Waals surface area (Å²) in [4.78, 5) is 0. The van der Waals surface area contributed by atoms with Crippen molar-refractivity contribution >= 4 is 5.82 Å². The van der Waals surface area contributed by atoms with Crippen molar-refractivity contribution in [3.8, 4) is 0 Å². The van der Waals surface area contributed by atoms with Gasteiger partial charge in [0, 0.05) is 12.3 Å². The molecule has 0 aliphatic rings. The summed E-state index contributed by atoms with van der Waals surface area (Å²) in [6.07, 6.45) is 3.02. The first-order valence-corrected chi connectivity index (χ1v) is 4.03. The third-order valence-corrected chi connectivity index (χ3v) is 1.73. The fourth-order valence-corrected chi connectivity index (χ4v) is 0.958. The largest absolute Gasteiger partial charge is 0.292 e. The van der Waals surface area contributed by atoms with Crippen molar-refractivity contribution in [3.63, 3.8) is 0 Å². The minimum absolute atomic E-state index is 0.727. The first kappa shape index (κ1) is 8.11. The van der Waals surface area contributed by atoms with Crippen LogP contribution in [0.5, 0.6) is 0 Å². The van der Waals surface area contributed by atoms with Gasteiger partial charge in [0.1, 0.15) is 6.54 Å². The molecule has 0 aliphatic carbocycles. The monoisotopic (exact) mass is 154 g/mol. The standard InChI is InChI=1S/C8H15N3/c1-7(2)4-6-11-8(9)3-5-10-11/h3,5,7H,4,6H2,1-2H3,(H2,9,10)/p+1. The maximum Gasteiger partial charge on any atom is 0.292 e. The Balaban J connectivity index is 2.44. The maximum atomic E-state index is 5.66. The topological polar surface area (TPSA) is 45.7 Å². The Hall–Kier alpha value is -0.990. The van der Waals surface area contributed by atoms with Crippen LogP contribution in [0, 0.1) is 5.92 Å². The minimum Gasteiger partial charge on any atom is -0.285 e. The van der Waals surface area contributed by atoms with E-state index < -0.39 is 0 Å². The maximum absolute atomic E-state index is 5.66. The number of nitrogens with zero attached hydrogens (tertiary/aromatic N) is 1. The van der Waals surface area contributed by atoms with Gasteiger partial charge in [-0.05, 0) is 12.3 Å². The van der Waals surface area contributed by atoms with E-state index in [9.17, 15) is 0 Å². The molecular formula is C8H16N3+. The number of nitrogen functional groups attached to an aromatic ring is 1. The van der Waals surface area contributed by atoms with Gasteiger partial charge < -0.3 is 0 Å². The second-order valence-electron chi connectivity index (χ2n) is 3.22. The van der Waals surface area contributed by atoms with E-state index in [1.165, 1.54) is 0 Å². The van der Waals surface area contributed by atoms with Gasteiger partial charge in [-0.2, -0.15) is 4.68 Å². The third-order valence-electron chi connectivity index (χ3n) is 1.73. The van der Waals surface area contributed by atoms with Gasteiger partial charge in [-0.25, -0.2) is 5.10 Å². The molecule has 1 aromatic rings. The van der Waals surface area contributed by atoms with Gasteiger partial charge in [-0.1, -0.05) is 13.8 Å². The summed E-state index contributed by atoms with van der Waals surface area (Å²) >= 11 is 0. The van der Waals surface area contributed by atoms with Crippen molar-refractivity contribution in [1.29, 1.82) is 0 Å². The van der Waals surface area contributed by atoms with Crippen molar-refractivity contribution in [3.05, 3.63) is 12.3 Å². The first-order chi connectivity index (χ1) is 5.20. The zero-order chi connectivity index (χ0) is 8.27. The zero-order valence-corrected chi connectivity index (χ0v) is 7.17. The number of aromatic nitrogens is 2. The summed E-state index contributed by atoms with van der Waals surface area (Å²) in [6.45, 7) is 5.40. The smallest absolute Gasteiger partial charge is 0.285 e. The molecule has 3 N–H and O–H groups in total. The lowest BCUT2D eigenvalue weighted by atomic mass is 10.1. The number of hydrogen-bond donors (Lipinski definition) is 2. The predicted octanol–water partition coefficient (Wildman–Crippen LogP) is 0.930. The zero-order valence-electron chi connectivity index (χ0n) is 7.17. The molecular weight excluding hydrogens is 138 g/mol. The Morgan fingerprint density at radius 2 is 2.36 bits per heavy atom. The molecule has 0 bridgehead atoms. The average Bonchev–Trinajstić information content (AvgIpc) is 2.31. The van der Waals surface area contributed by atoms with Gasteiger partial charge in [-0.15, -0.1) is 0 Å². The van der Waals surface area contributed by atoms with E-state index in [0.717, 1.165) is 24.7 Å². The van der Waals surface area contributed by atoms with Crippen LogP contribution < -0.4 is 10.4 Å². The normalized spacial score (nSPS) is 10.8. The van der Waals surface area contributed by atoms with Crippen molar-refractivity contribution in [1.82, 2.24) is 5.10 Å². The Morgan fingerprint density at radius 3 is 2.82 bits per heavy atom. The van der Waals surface area contributed by atoms with Gasteiger partial charge in [0.25, 0.3) is 5.82 Å². The van der Waals surface area contributed by atoms with E-state index in [4.69, 9.17) is 5.73 Å². The highest BCUT2D eigenvalue weighted by molar-refractivity contribution is 5.16. The SMILES string of the molecule is CC(C)CC[n+]1[nH]ccc1N. The van der Waals surface area contributed by atoms with Crippen LogP contribution in [0.15, 0.2) is 12.3 Å². The Labute approximate surface area is 67.2 Å². The van der Waals surface area contributed by atoms with Crippen molar-refractivity contribution in [2.24, 2.45) is 5.92 Å².